The molecule has 14 nitrogen and oxygen atoms in total. The van der Waals surface area contributed by atoms with E-state index < -0.39 is 68.7 Å². The lowest BCUT2D eigenvalue weighted by atomic mass is 9.86. The largest absolute Gasteiger partial charge is 0.497 e. The summed E-state index contributed by atoms with van der Waals surface area (Å²) in [5.41, 5.74) is -0.0365. The minimum atomic E-state index is -3.93. The number of carbonyl (C=O) groups is 4. The number of sulfonamides is 1. The predicted molar refractivity (Wildman–Crippen MR) is 227 cm³/mol. The van der Waals surface area contributed by atoms with Crippen LogP contribution in [0.5, 0.6) is 11.6 Å². The van der Waals surface area contributed by atoms with Gasteiger partial charge in [-0.05, 0) is 111 Å². The van der Waals surface area contributed by atoms with Gasteiger partial charge in [-0.25, -0.2) is 18.2 Å². The first-order chi connectivity index (χ1) is 29.2. The number of ether oxygens (including phenoxy) is 2. The number of carbonyl (C=O) groups excluding carboxylic acids is 3. The van der Waals surface area contributed by atoms with Crippen LogP contribution in [0.1, 0.15) is 78.1 Å². The van der Waals surface area contributed by atoms with Crippen LogP contribution in [0.4, 0.5) is 4.79 Å². The molecule has 324 valence electrons. The number of hydrogen-bond donors (Lipinski definition) is 3. The normalized spacial score (nSPS) is 32.9. The number of pyridine rings is 1. The highest BCUT2D eigenvalue weighted by Gasteiger charge is 2.62. The SMILES string of the molecule is COc1ccc2c(O[C@@H]3C[C@H]4C(=O)N[C@]5(C(=O)NS(=O)(=O)C6CC6)C[C@H]5/C=C\CC[C@H](C)C[C@@H](C)[C@H](N(C(=O)O)[C@H]5CC6C[C@H]6C5)C(=O)N4C3)nc(-c3ccccc3)cc2c1. The van der Waals surface area contributed by atoms with Crippen molar-refractivity contribution in [3.8, 4) is 22.9 Å². The molecular weight excluding hydrogens is 799 g/mol. The summed E-state index contributed by atoms with van der Waals surface area (Å²) < 4.78 is 40.6. The average molecular weight is 854 g/mol. The summed E-state index contributed by atoms with van der Waals surface area (Å²) in [5, 5.41) is 14.7. The Kier molecular flexibility index (Phi) is 10.8. The smallest absolute Gasteiger partial charge is 0.408 e. The summed E-state index contributed by atoms with van der Waals surface area (Å²) in [6, 6.07) is 14.6. The summed E-state index contributed by atoms with van der Waals surface area (Å²) in [7, 11) is -2.34. The van der Waals surface area contributed by atoms with E-state index in [1.807, 2.05) is 73.7 Å². The Hall–Kier alpha value is -5.18. The number of aromatic nitrogens is 1. The highest BCUT2D eigenvalue weighted by molar-refractivity contribution is 7.91. The van der Waals surface area contributed by atoms with E-state index in [9.17, 15) is 27.9 Å². The Balaban J connectivity index is 1.09. The molecule has 4 saturated carbocycles. The number of amides is 4. The molecule has 15 heteroatoms. The molecule has 4 aliphatic carbocycles. The van der Waals surface area contributed by atoms with Crippen molar-refractivity contribution in [2.24, 2.45) is 29.6 Å². The Morgan fingerprint density at radius 3 is 2.44 bits per heavy atom. The number of carboxylic acid groups (broad SMARTS) is 1. The van der Waals surface area contributed by atoms with Crippen LogP contribution < -0.4 is 19.5 Å². The van der Waals surface area contributed by atoms with Gasteiger partial charge < -0.3 is 24.8 Å². The molecule has 4 amide bonds. The van der Waals surface area contributed by atoms with Gasteiger partial charge in [-0.1, -0.05) is 56.3 Å². The van der Waals surface area contributed by atoms with Gasteiger partial charge in [0.15, 0.2) is 0 Å². The van der Waals surface area contributed by atoms with Crippen LogP contribution >= 0.6 is 0 Å². The first-order valence-corrected chi connectivity index (χ1v) is 23.4. The van der Waals surface area contributed by atoms with E-state index >= 15 is 4.79 Å². The van der Waals surface area contributed by atoms with E-state index in [0.717, 1.165) is 23.8 Å². The van der Waals surface area contributed by atoms with Gasteiger partial charge in [-0.2, -0.15) is 0 Å². The summed E-state index contributed by atoms with van der Waals surface area (Å²) in [6.07, 6.45) is 7.57. The molecule has 1 saturated heterocycles. The zero-order valence-corrected chi connectivity index (χ0v) is 35.7. The van der Waals surface area contributed by atoms with Crippen LogP contribution in [0, 0.1) is 29.6 Å². The minimum absolute atomic E-state index is 0.0171. The number of hydrogen-bond acceptors (Lipinski definition) is 9. The maximum Gasteiger partial charge on any atom is 0.408 e. The van der Waals surface area contributed by atoms with E-state index in [2.05, 4.69) is 17.0 Å². The summed E-state index contributed by atoms with van der Waals surface area (Å²) in [5.74, 6) is -0.762. The van der Waals surface area contributed by atoms with Crippen molar-refractivity contribution in [1.82, 2.24) is 24.8 Å². The first kappa shape index (κ1) is 41.2. The van der Waals surface area contributed by atoms with Crippen molar-refractivity contribution >= 4 is 44.6 Å². The van der Waals surface area contributed by atoms with Gasteiger partial charge in [0, 0.05) is 29.3 Å². The van der Waals surface area contributed by atoms with E-state index in [-0.39, 0.29) is 37.3 Å². The topological polar surface area (TPSA) is 185 Å². The van der Waals surface area contributed by atoms with E-state index in [1.54, 1.807) is 7.11 Å². The molecule has 10 atom stereocenters. The highest BCUT2D eigenvalue weighted by atomic mass is 32.2. The number of methoxy groups -OCH3 is 1. The quantitative estimate of drug-likeness (QED) is 0.219. The maximum atomic E-state index is 15.4. The van der Waals surface area contributed by atoms with Gasteiger partial charge in [-0.3, -0.25) is 24.0 Å². The van der Waals surface area contributed by atoms with Gasteiger partial charge in [0.1, 0.15) is 29.5 Å². The molecule has 3 heterocycles. The lowest BCUT2D eigenvalue weighted by Crippen LogP contribution is -2.61. The molecular formula is C46H55N5O9S. The molecule has 5 fully saturated rings. The van der Waals surface area contributed by atoms with Crippen molar-refractivity contribution in [2.45, 2.75) is 113 Å². The Morgan fingerprint density at radius 1 is 0.984 bits per heavy atom. The van der Waals surface area contributed by atoms with Gasteiger partial charge in [0.2, 0.25) is 27.7 Å². The maximum absolute atomic E-state index is 15.4. The molecule has 9 rings (SSSR count). The second-order valence-electron chi connectivity index (χ2n) is 18.5. The van der Waals surface area contributed by atoms with Gasteiger partial charge in [-0.15, -0.1) is 0 Å². The zero-order chi connectivity index (χ0) is 42.8. The molecule has 1 aromatic heterocycles. The second kappa shape index (κ2) is 15.9. The predicted octanol–water partition coefficient (Wildman–Crippen LogP) is 5.90. The van der Waals surface area contributed by atoms with E-state index in [0.29, 0.717) is 73.1 Å². The van der Waals surface area contributed by atoms with Crippen LogP contribution in [0.15, 0.2) is 66.7 Å². The van der Waals surface area contributed by atoms with Gasteiger partial charge in [0.05, 0.1) is 24.6 Å². The number of rotatable bonds is 9. The summed E-state index contributed by atoms with van der Waals surface area (Å²) in [6.45, 7) is 3.99. The van der Waals surface area contributed by atoms with Crippen LogP contribution in [0.3, 0.4) is 0 Å². The molecule has 61 heavy (non-hydrogen) atoms. The molecule has 3 N–H and O–H groups in total. The Labute approximate surface area is 356 Å². The molecule has 3 aromatic rings. The molecule has 6 aliphatic rings. The van der Waals surface area contributed by atoms with Crippen molar-refractivity contribution in [2.75, 3.05) is 13.7 Å². The highest BCUT2D eigenvalue weighted by Crippen LogP contribution is 2.54. The zero-order valence-electron chi connectivity index (χ0n) is 34.9. The summed E-state index contributed by atoms with van der Waals surface area (Å²) >= 11 is 0. The Morgan fingerprint density at radius 2 is 1.74 bits per heavy atom. The number of nitrogens with zero attached hydrogens (tertiary/aromatic N) is 3. The van der Waals surface area contributed by atoms with E-state index in [1.165, 1.54) is 9.80 Å². The fraction of sp³-hybridized carbons (Fsp3) is 0.543. The molecule has 0 radical (unpaired) electrons. The van der Waals surface area contributed by atoms with Crippen LogP contribution in [-0.2, 0) is 24.4 Å². The van der Waals surface area contributed by atoms with E-state index in [4.69, 9.17) is 14.5 Å². The number of allylic oxidation sites excluding steroid dienone is 1. The monoisotopic (exact) mass is 853 g/mol. The first-order valence-electron chi connectivity index (χ1n) is 21.8. The third-order valence-corrected chi connectivity index (χ3v) is 15.9. The Bertz CT molecular complexity index is 2360. The van der Waals surface area contributed by atoms with Gasteiger partial charge >= 0.3 is 6.09 Å². The third kappa shape index (κ3) is 8.17. The summed E-state index contributed by atoms with van der Waals surface area (Å²) in [4.78, 5) is 65.4. The fourth-order valence-corrected chi connectivity index (χ4v) is 11.8. The second-order valence-corrected chi connectivity index (χ2v) is 20.5. The van der Waals surface area contributed by atoms with Crippen molar-refractivity contribution in [3.05, 3.63) is 66.7 Å². The lowest BCUT2D eigenvalue weighted by molar-refractivity contribution is -0.145. The van der Waals surface area contributed by atoms with Crippen molar-refractivity contribution in [3.63, 3.8) is 0 Å². The minimum Gasteiger partial charge on any atom is -0.497 e. The van der Waals surface area contributed by atoms with Crippen LogP contribution in [0.2, 0.25) is 0 Å². The molecule has 1 unspecified atom stereocenters. The number of nitrogens with one attached hydrogen (secondary N) is 2. The standard InChI is InChI=1S/C46H55N5O9S/c1-26-9-7-8-12-32-24-46(32,44(54)49-61(57,58)36-14-15-36)48-41(52)39-23-35(25-50(39)43(53)40(27(2)17-26)51(45(55)56)33-19-29-18-30(29)20-33)60-42-37-16-13-34(59-3)21-31(37)22-38(47-42)28-10-5-4-6-11-28/h4-6,8,10-13,16,21-22,26-27,29-30,32-33,35-36,39-40H,7,9,14-15,17-20,23-25H2,1-3H3,(H,48,52)(H,49,54)(H,55,56)/b12-8-/t26-,27+,29-,30?,32+,33+,35+,39-,40-,46+/m0/s1. The van der Waals surface area contributed by atoms with Gasteiger partial charge in [0.25, 0.3) is 5.91 Å². The average Bonchev–Trinajstić information content (AvgIpc) is 4.20. The van der Waals surface area contributed by atoms with Crippen LogP contribution in [-0.4, -0.2) is 101 Å². The molecule has 2 aromatic carbocycles. The number of fused-ring (bicyclic) bond motifs is 4. The molecule has 0 bridgehead atoms. The lowest BCUT2D eigenvalue weighted by Gasteiger charge is -2.40. The third-order valence-electron chi connectivity index (χ3n) is 14.1. The fourth-order valence-electron chi connectivity index (χ4n) is 10.4. The number of benzene rings is 2. The molecule has 0 spiro atoms. The van der Waals surface area contributed by atoms with Crippen molar-refractivity contribution < 1.29 is 42.2 Å². The van der Waals surface area contributed by atoms with Crippen molar-refractivity contribution in [1.29, 1.82) is 0 Å². The molecule has 2 aliphatic heterocycles. The van der Waals surface area contributed by atoms with Crippen LogP contribution in [0.25, 0.3) is 22.0 Å².